The van der Waals surface area contributed by atoms with E-state index < -0.39 is 7.80 Å². The molecule has 2 nitrogen and oxygen atoms in total. The zero-order valence-corrected chi connectivity index (χ0v) is 17.2. The first-order valence-electron chi connectivity index (χ1n) is 8.86. The van der Waals surface area contributed by atoms with Crippen LogP contribution in [0.4, 0.5) is 0 Å². The van der Waals surface area contributed by atoms with Crippen molar-refractivity contribution in [2.24, 2.45) is 0 Å². The first-order chi connectivity index (χ1) is 11.6. The van der Waals surface area contributed by atoms with Crippen LogP contribution < -0.4 is 5.30 Å². The largest absolute Gasteiger partial charge is 0.458 e. The number of carbonyl (C=O) groups excluding carboxylic acids is 1. The smallest absolute Gasteiger partial charge is 0.234 e. The summed E-state index contributed by atoms with van der Waals surface area (Å²) >= 11 is 0. The van der Waals surface area contributed by atoms with Gasteiger partial charge in [-0.25, -0.2) is 4.79 Å². The molecule has 25 heavy (non-hydrogen) atoms. The molecule has 2 rings (SSSR count). The molecular weight excluding hydrogens is 327 g/mol. The lowest BCUT2D eigenvalue weighted by Crippen LogP contribution is -2.14. The molecule has 0 N–H and O–H groups in total. The SMILES string of the molecule is Cc1cc(C)c(C(=O)[P+](=O)c2cc(C(C)C)ccc2C(C)C)c(C)c1. The molecule has 0 aliphatic heterocycles. The Morgan fingerprint density at radius 1 is 0.880 bits per heavy atom. The molecule has 3 heteroatoms. The number of benzene rings is 2. The third-order valence-corrected chi connectivity index (χ3v) is 6.05. The zero-order chi connectivity index (χ0) is 18.9. The number of rotatable bonds is 5. The minimum atomic E-state index is -2.14. The Bertz CT molecular complexity index is 809. The molecule has 0 heterocycles. The first kappa shape index (κ1) is 19.5. The Morgan fingerprint density at radius 2 is 1.44 bits per heavy atom. The Morgan fingerprint density at radius 3 is 1.92 bits per heavy atom. The van der Waals surface area contributed by atoms with Gasteiger partial charge in [-0.2, -0.15) is 0 Å². The van der Waals surface area contributed by atoms with Crippen LogP contribution >= 0.6 is 7.80 Å². The fraction of sp³-hybridized carbons (Fsp3) is 0.409. The van der Waals surface area contributed by atoms with Gasteiger partial charge in [0.15, 0.2) is 0 Å². The van der Waals surface area contributed by atoms with Gasteiger partial charge in [0.2, 0.25) is 5.30 Å². The maximum absolute atomic E-state index is 13.2. The second-order valence-electron chi connectivity index (χ2n) is 7.50. The standard InChI is InChI=1S/C22H28O2P/c1-13(2)18-8-9-19(14(3)4)20(12-18)25(24)22(23)21-16(6)10-15(5)11-17(21)7/h8-14H,1-7H3/q+1. The van der Waals surface area contributed by atoms with E-state index in [-0.39, 0.29) is 11.4 Å². The van der Waals surface area contributed by atoms with E-state index in [1.54, 1.807) is 0 Å². The lowest BCUT2D eigenvalue weighted by Gasteiger charge is -2.11. The Balaban J connectivity index is 2.57. The van der Waals surface area contributed by atoms with E-state index in [0.717, 1.165) is 27.8 Å². The molecule has 0 saturated heterocycles. The summed E-state index contributed by atoms with van der Waals surface area (Å²) in [5.41, 5.74) is 5.39. The fourth-order valence-corrected chi connectivity index (χ4v) is 4.92. The highest BCUT2D eigenvalue weighted by Gasteiger charge is 2.37. The van der Waals surface area contributed by atoms with Crippen LogP contribution in [0.1, 0.15) is 77.7 Å². The van der Waals surface area contributed by atoms with Crippen LogP contribution in [0.15, 0.2) is 30.3 Å². The van der Waals surface area contributed by atoms with Crippen LogP contribution in [0.25, 0.3) is 0 Å². The van der Waals surface area contributed by atoms with Gasteiger partial charge in [-0.15, -0.1) is 0 Å². The monoisotopic (exact) mass is 355 g/mol. The molecule has 0 fully saturated rings. The number of hydrogen-bond donors (Lipinski definition) is 0. The molecule has 0 aromatic heterocycles. The quantitative estimate of drug-likeness (QED) is 0.603. The van der Waals surface area contributed by atoms with Crippen molar-refractivity contribution in [3.63, 3.8) is 0 Å². The lowest BCUT2D eigenvalue weighted by molar-refractivity contribution is 0.107. The van der Waals surface area contributed by atoms with Crippen molar-refractivity contribution in [1.82, 2.24) is 0 Å². The minimum Gasteiger partial charge on any atom is -0.234 e. The fourth-order valence-electron chi connectivity index (χ4n) is 3.31. The van der Waals surface area contributed by atoms with Crippen molar-refractivity contribution in [3.05, 3.63) is 63.7 Å². The molecule has 0 amide bonds. The highest BCUT2D eigenvalue weighted by atomic mass is 31.1. The molecular formula is C22H28O2P+. The summed E-state index contributed by atoms with van der Waals surface area (Å²) in [5, 5.41) is 0.695. The van der Waals surface area contributed by atoms with Crippen molar-refractivity contribution in [2.75, 3.05) is 0 Å². The van der Waals surface area contributed by atoms with Crippen LogP contribution in [0.2, 0.25) is 0 Å². The van der Waals surface area contributed by atoms with E-state index in [1.165, 1.54) is 0 Å². The van der Waals surface area contributed by atoms with Gasteiger partial charge < -0.3 is 0 Å². The number of carbonyl (C=O) groups is 1. The molecule has 0 saturated carbocycles. The second-order valence-corrected chi connectivity index (χ2v) is 8.98. The van der Waals surface area contributed by atoms with Crippen LogP contribution in [-0.4, -0.2) is 5.52 Å². The summed E-state index contributed by atoms with van der Waals surface area (Å²) in [6.45, 7) is 14.2. The van der Waals surface area contributed by atoms with Gasteiger partial charge >= 0.3 is 13.3 Å². The van der Waals surface area contributed by atoms with E-state index in [2.05, 4.69) is 33.8 Å². The van der Waals surface area contributed by atoms with Gasteiger partial charge in [0, 0.05) is 5.56 Å². The van der Waals surface area contributed by atoms with Gasteiger partial charge in [0.1, 0.15) is 0 Å². The Hall–Kier alpha value is -1.79. The number of aryl methyl sites for hydroxylation is 3. The maximum atomic E-state index is 13.2. The topological polar surface area (TPSA) is 34.1 Å². The van der Waals surface area contributed by atoms with E-state index in [9.17, 15) is 9.36 Å². The predicted octanol–water partition coefficient (Wildman–Crippen LogP) is 6.15. The predicted molar refractivity (Wildman–Crippen MR) is 107 cm³/mol. The molecule has 2 aromatic carbocycles. The van der Waals surface area contributed by atoms with Gasteiger partial charge in [0.05, 0.1) is 5.56 Å². The van der Waals surface area contributed by atoms with E-state index >= 15 is 0 Å². The molecule has 0 radical (unpaired) electrons. The molecule has 2 aromatic rings. The molecule has 0 spiro atoms. The first-order valence-corrected chi connectivity index (χ1v) is 10.1. The second kappa shape index (κ2) is 7.62. The van der Waals surface area contributed by atoms with E-state index in [4.69, 9.17) is 0 Å². The molecule has 1 atom stereocenters. The summed E-state index contributed by atoms with van der Waals surface area (Å²) < 4.78 is 13.2. The van der Waals surface area contributed by atoms with Crippen molar-refractivity contribution in [2.45, 2.75) is 60.3 Å². The van der Waals surface area contributed by atoms with Crippen molar-refractivity contribution in [1.29, 1.82) is 0 Å². The van der Waals surface area contributed by atoms with Crippen molar-refractivity contribution >= 4 is 18.6 Å². The third kappa shape index (κ3) is 4.07. The zero-order valence-electron chi connectivity index (χ0n) is 16.3. The average molecular weight is 355 g/mol. The lowest BCUT2D eigenvalue weighted by atomic mass is 9.97. The van der Waals surface area contributed by atoms with Gasteiger partial charge in [0.25, 0.3) is 0 Å². The third-order valence-electron chi connectivity index (χ3n) is 4.64. The summed E-state index contributed by atoms with van der Waals surface area (Å²) in [6, 6.07) is 10.0. The van der Waals surface area contributed by atoms with Gasteiger partial charge in [-0.1, -0.05) is 62.1 Å². The summed E-state index contributed by atoms with van der Waals surface area (Å²) in [7, 11) is -2.14. The van der Waals surface area contributed by atoms with E-state index in [0.29, 0.717) is 16.8 Å². The molecule has 1 unspecified atom stereocenters. The average Bonchev–Trinajstić information content (AvgIpc) is 2.52. The van der Waals surface area contributed by atoms with Gasteiger partial charge in [-0.3, -0.25) is 0 Å². The Labute approximate surface area is 152 Å². The normalized spacial score (nSPS) is 12.0. The number of hydrogen-bond acceptors (Lipinski definition) is 2. The molecule has 0 aliphatic carbocycles. The summed E-state index contributed by atoms with van der Waals surface area (Å²) in [6.07, 6.45) is 0. The van der Waals surface area contributed by atoms with Crippen molar-refractivity contribution in [3.8, 4) is 0 Å². The highest BCUT2D eigenvalue weighted by Crippen LogP contribution is 2.34. The van der Waals surface area contributed by atoms with Crippen LogP contribution in [0.5, 0.6) is 0 Å². The van der Waals surface area contributed by atoms with Gasteiger partial charge in [-0.05, 0) is 55.4 Å². The highest BCUT2D eigenvalue weighted by molar-refractivity contribution is 7.71. The van der Waals surface area contributed by atoms with Crippen LogP contribution in [-0.2, 0) is 4.57 Å². The van der Waals surface area contributed by atoms with Crippen LogP contribution in [0.3, 0.4) is 0 Å². The molecule has 0 bridgehead atoms. The molecule has 0 aliphatic rings. The summed E-state index contributed by atoms with van der Waals surface area (Å²) in [4.78, 5) is 13.1. The van der Waals surface area contributed by atoms with E-state index in [1.807, 2.05) is 45.0 Å². The van der Waals surface area contributed by atoms with Crippen LogP contribution in [0, 0.1) is 20.8 Å². The molecule has 132 valence electrons. The Kier molecular flexibility index (Phi) is 5.95. The van der Waals surface area contributed by atoms with Crippen molar-refractivity contribution < 1.29 is 9.36 Å². The maximum Gasteiger partial charge on any atom is 0.458 e. The minimum absolute atomic E-state index is 0.225. The summed E-state index contributed by atoms with van der Waals surface area (Å²) in [5.74, 6) is 0.560.